The highest BCUT2D eigenvalue weighted by Crippen LogP contribution is 2.09. The molecule has 5 nitrogen and oxygen atoms in total. The summed E-state index contributed by atoms with van der Waals surface area (Å²) in [5.74, 6) is -0.0327. The Morgan fingerprint density at radius 3 is 2.59 bits per heavy atom. The van der Waals surface area contributed by atoms with Gasteiger partial charge in [-0.05, 0) is 56.1 Å². The van der Waals surface area contributed by atoms with Gasteiger partial charge in [0, 0.05) is 31.7 Å². The van der Waals surface area contributed by atoms with Crippen LogP contribution in [0.4, 0.5) is 0 Å². The van der Waals surface area contributed by atoms with Gasteiger partial charge in [0.15, 0.2) is 0 Å². The van der Waals surface area contributed by atoms with Gasteiger partial charge >= 0.3 is 0 Å². The number of carbonyl (C=O) groups is 1. The monoisotopic (exact) mass is 397 g/mol. The summed E-state index contributed by atoms with van der Waals surface area (Å²) in [5, 5.41) is 15.6. The fraction of sp³-hybridized carbons (Fsp3) is 0.458. The van der Waals surface area contributed by atoms with Crippen LogP contribution in [0.15, 0.2) is 48.5 Å². The molecule has 0 spiro atoms. The highest BCUT2D eigenvalue weighted by molar-refractivity contribution is 5.94. The summed E-state index contributed by atoms with van der Waals surface area (Å²) in [7, 11) is 0. The van der Waals surface area contributed by atoms with Gasteiger partial charge in [0.2, 0.25) is 0 Å². The normalized spacial score (nSPS) is 11.0. The van der Waals surface area contributed by atoms with Crippen molar-refractivity contribution in [3.63, 3.8) is 0 Å². The van der Waals surface area contributed by atoms with Crippen molar-refractivity contribution in [2.75, 3.05) is 32.8 Å². The van der Waals surface area contributed by atoms with Crippen LogP contribution in [0.1, 0.15) is 46.8 Å². The molecule has 2 aromatic carbocycles. The maximum Gasteiger partial charge on any atom is 0.251 e. The van der Waals surface area contributed by atoms with Crippen LogP contribution in [0.2, 0.25) is 0 Å². The quantitative estimate of drug-likeness (QED) is 0.455. The first-order valence-electron chi connectivity index (χ1n) is 10.6. The molecular weight excluding hydrogens is 362 g/mol. The number of aryl methyl sites for hydroxylation is 1. The summed E-state index contributed by atoms with van der Waals surface area (Å²) >= 11 is 0. The number of benzene rings is 2. The van der Waals surface area contributed by atoms with Gasteiger partial charge in [0.1, 0.15) is 0 Å². The van der Waals surface area contributed by atoms with Crippen LogP contribution in [0.5, 0.6) is 0 Å². The molecule has 0 saturated carbocycles. The number of hydrogen-bond acceptors (Lipinski definition) is 4. The molecule has 0 unspecified atom stereocenters. The maximum absolute atomic E-state index is 12.4. The van der Waals surface area contributed by atoms with Crippen LogP contribution in [0.3, 0.4) is 0 Å². The molecule has 1 amide bonds. The van der Waals surface area contributed by atoms with E-state index in [1.165, 1.54) is 11.1 Å². The highest BCUT2D eigenvalue weighted by Gasteiger charge is 2.08. The molecule has 0 aromatic heterocycles. The van der Waals surface area contributed by atoms with Crippen molar-refractivity contribution in [1.29, 1.82) is 0 Å². The lowest BCUT2D eigenvalue weighted by Gasteiger charge is -2.20. The number of nitrogens with zero attached hydrogens (tertiary/aromatic N) is 1. The molecule has 0 atom stereocenters. The standard InChI is InChI=1S/C24H35N3O2/c1-3-13-27(14-15-28)19-22-9-5-10-23(17-22)24(29)26-12-6-11-25-18-21-8-4-7-20(2)16-21/h4-5,7-10,16-17,25,28H,3,6,11-15,18-19H2,1-2H3,(H,26,29). The average Bonchev–Trinajstić information content (AvgIpc) is 2.71. The molecule has 5 heteroatoms. The number of aliphatic hydroxyl groups is 1. The lowest BCUT2D eigenvalue weighted by molar-refractivity contribution is 0.0953. The predicted molar refractivity (Wildman–Crippen MR) is 119 cm³/mol. The van der Waals surface area contributed by atoms with Crippen molar-refractivity contribution in [3.05, 3.63) is 70.8 Å². The van der Waals surface area contributed by atoms with Crippen LogP contribution in [-0.4, -0.2) is 48.7 Å². The van der Waals surface area contributed by atoms with Crippen LogP contribution in [-0.2, 0) is 13.1 Å². The van der Waals surface area contributed by atoms with Gasteiger partial charge in [-0.15, -0.1) is 0 Å². The summed E-state index contributed by atoms with van der Waals surface area (Å²) in [5.41, 5.74) is 4.34. The summed E-state index contributed by atoms with van der Waals surface area (Å²) in [6.07, 6.45) is 1.93. The zero-order chi connectivity index (χ0) is 20.9. The van der Waals surface area contributed by atoms with Crippen molar-refractivity contribution in [1.82, 2.24) is 15.5 Å². The van der Waals surface area contributed by atoms with E-state index in [4.69, 9.17) is 0 Å². The summed E-state index contributed by atoms with van der Waals surface area (Å²) in [4.78, 5) is 14.6. The molecule has 0 saturated heterocycles. The van der Waals surface area contributed by atoms with E-state index in [0.717, 1.165) is 44.6 Å². The van der Waals surface area contributed by atoms with E-state index in [0.29, 0.717) is 18.7 Å². The largest absolute Gasteiger partial charge is 0.395 e. The second-order valence-corrected chi connectivity index (χ2v) is 7.48. The predicted octanol–water partition coefficient (Wildman–Crippen LogP) is 3.11. The number of rotatable bonds is 13. The van der Waals surface area contributed by atoms with E-state index in [1.54, 1.807) is 0 Å². The van der Waals surface area contributed by atoms with Crippen LogP contribution in [0.25, 0.3) is 0 Å². The van der Waals surface area contributed by atoms with Gasteiger partial charge in [-0.2, -0.15) is 0 Å². The van der Waals surface area contributed by atoms with E-state index in [1.807, 2.05) is 24.3 Å². The third-order valence-corrected chi connectivity index (χ3v) is 4.78. The van der Waals surface area contributed by atoms with Crippen molar-refractivity contribution in [2.24, 2.45) is 0 Å². The second-order valence-electron chi connectivity index (χ2n) is 7.48. The topological polar surface area (TPSA) is 64.6 Å². The number of amides is 1. The first-order chi connectivity index (χ1) is 14.1. The molecule has 0 aliphatic heterocycles. The molecule has 2 rings (SSSR count). The number of hydrogen-bond donors (Lipinski definition) is 3. The number of carbonyl (C=O) groups excluding carboxylic acids is 1. The molecule has 0 heterocycles. The van der Waals surface area contributed by atoms with Crippen LogP contribution in [0, 0.1) is 6.92 Å². The Morgan fingerprint density at radius 1 is 1.03 bits per heavy atom. The highest BCUT2D eigenvalue weighted by atomic mass is 16.3. The van der Waals surface area contributed by atoms with Crippen molar-refractivity contribution >= 4 is 5.91 Å². The van der Waals surface area contributed by atoms with Gasteiger partial charge in [-0.25, -0.2) is 0 Å². The minimum Gasteiger partial charge on any atom is -0.395 e. The lowest BCUT2D eigenvalue weighted by atomic mass is 10.1. The third-order valence-electron chi connectivity index (χ3n) is 4.78. The Hall–Kier alpha value is -2.21. The van der Waals surface area contributed by atoms with Gasteiger partial charge in [-0.1, -0.05) is 48.9 Å². The fourth-order valence-electron chi connectivity index (χ4n) is 3.37. The van der Waals surface area contributed by atoms with Crippen molar-refractivity contribution < 1.29 is 9.90 Å². The SMILES string of the molecule is CCCN(CCO)Cc1cccc(C(=O)NCCCNCc2cccc(C)c2)c1. The van der Waals surface area contributed by atoms with Gasteiger partial charge in [0.25, 0.3) is 5.91 Å². The fourth-order valence-corrected chi connectivity index (χ4v) is 3.37. The van der Waals surface area contributed by atoms with Gasteiger partial charge < -0.3 is 15.7 Å². The Bertz CT molecular complexity index is 742. The summed E-state index contributed by atoms with van der Waals surface area (Å²) in [6.45, 7) is 9.08. The van der Waals surface area contributed by atoms with Crippen molar-refractivity contribution in [3.8, 4) is 0 Å². The third kappa shape index (κ3) is 8.77. The second kappa shape index (κ2) is 13.1. The minimum atomic E-state index is -0.0327. The zero-order valence-corrected chi connectivity index (χ0v) is 17.8. The molecule has 0 fully saturated rings. The summed E-state index contributed by atoms with van der Waals surface area (Å²) in [6, 6.07) is 16.2. The molecule has 158 valence electrons. The molecule has 0 radical (unpaired) electrons. The number of aliphatic hydroxyl groups excluding tert-OH is 1. The first kappa shape index (κ1) is 23.1. The Kier molecular flexibility index (Phi) is 10.4. The van der Waals surface area contributed by atoms with E-state index >= 15 is 0 Å². The van der Waals surface area contributed by atoms with Gasteiger partial charge in [0.05, 0.1) is 6.61 Å². The minimum absolute atomic E-state index is 0.0327. The first-order valence-corrected chi connectivity index (χ1v) is 10.6. The Morgan fingerprint density at radius 2 is 1.83 bits per heavy atom. The van der Waals surface area contributed by atoms with E-state index in [9.17, 15) is 9.90 Å². The van der Waals surface area contributed by atoms with Crippen LogP contribution < -0.4 is 10.6 Å². The molecule has 0 aliphatic rings. The zero-order valence-electron chi connectivity index (χ0n) is 17.8. The Balaban J connectivity index is 1.71. The summed E-state index contributed by atoms with van der Waals surface area (Å²) < 4.78 is 0. The van der Waals surface area contributed by atoms with Crippen LogP contribution >= 0.6 is 0 Å². The molecule has 0 bridgehead atoms. The number of nitrogens with one attached hydrogen (secondary N) is 2. The lowest BCUT2D eigenvalue weighted by Crippen LogP contribution is -2.28. The van der Waals surface area contributed by atoms with E-state index < -0.39 is 0 Å². The Labute approximate surface area is 175 Å². The molecular formula is C24H35N3O2. The van der Waals surface area contributed by atoms with E-state index in [2.05, 4.69) is 53.6 Å². The molecule has 29 heavy (non-hydrogen) atoms. The van der Waals surface area contributed by atoms with E-state index in [-0.39, 0.29) is 12.5 Å². The molecule has 0 aliphatic carbocycles. The molecule has 2 aromatic rings. The maximum atomic E-state index is 12.4. The smallest absolute Gasteiger partial charge is 0.251 e. The average molecular weight is 398 g/mol. The van der Waals surface area contributed by atoms with Gasteiger partial charge in [-0.3, -0.25) is 9.69 Å². The van der Waals surface area contributed by atoms with Crippen molar-refractivity contribution in [2.45, 2.75) is 39.8 Å². The molecule has 3 N–H and O–H groups in total.